The minimum Gasteiger partial charge on any atom is -0.443 e. The smallest absolute Gasteiger partial charge is 0.424 e. The fourth-order valence-corrected chi connectivity index (χ4v) is 3.24. The van der Waals surface area contributed by atoms with Crippen molar-refractivity contribution in [3.8, 4) is 0 Å². The van der Waals surface area contributed by atoms with Crippen molar-refractivity contribution in [3.05, 3.63) is 34.1 Å². The molecule has 0 radical (unpaired) electrons. The summed E-state index contributed by atoms with van der Waals surface area (Å²) in [6.07, 6.45) is -0.760. The highest BCUT2D eigenvalue weighted by atomic mass is 79.9. The molecule has 5 nitrogen and oxygen atoms in total. The third-order valence-electron chi connectivity index (χ3n) is 2.61. The van der Waals surface area contributed by atoms with Crippen molar-refractivity contribution in [2.24, 2.45) is 0 Å². The number of carbonyl (C=O) groups excluding carboxylic acids is 1. The second-order valence-corrected chi connectivity index (χ2v) is 7.51. The van der Waals surface area contributed by atoms with Gasteiger partial charge in [0.05, 0.1) is 6.61 Å². The molecule has 2 atom stereocenters. The normalized spacial score (nSPS) is 22.4. The Hall–Kier alpha value is -0.990. The van der Waals surface area contributed by atoms with Crippen LogP contribution in [-0.2, 0) is 20.2 Å². The lowest BCUT2D eigenvalue weighted by molar-refractivity contribution is 0.0361. The van der Waals surface area contributed by atoms with Gasteiger partial charge < -0.3 is 4.74 Å². The van der Waals surface area contributed by atoms with E-state index in [2.05, 4.69) is 15.9 Å². The third-order valence-corrected chi connectivity index (χ3v) is 4.13. The van der Waals surface area contributed by atoms with Crippen molar-refractivity contribution in [1.82, 2.24) is 4.31 Å². The SMILES string of the molecule is CC(C)(C)OC(=O)N1[C@@H](c2cc(F)cc(Br)c2)COS1=O. The summed E-state index contributed by atoms with van der Waals surface area (Å²) in [5.74, 6) is -0.457. The van der Waals surface area contributed by atoms with Crippen LogP contribution in [0.4, 0.5) is 9.18 Å². The minimum atomic E-state index is -1.95. The Balaban J connectivity index is 2.30. The zero-order valence-electron chi connectivity index (χ0n) is 11.8. The van der Waals surface area contributed by atoms with Crippen molar-refractivity contribution >= 4 is 33.3 Å². The second kappa shape index (κ2) is 6.02. The number of amides is 1. The van der Waals surface area contributed by atoms with Crippen LogP contribution in [0.5, 0.6) is 0 Å². The van der Waals surface area contributed by atoms with Gasteiger partial charge in [-0.3, -0.25) is 4.18 Å². The van der Waals surface area contributed by atoms with Gasteiger partial charge in [0.1, 0.15) is 17.5 Å². The molecule has 0 bridgehead atoms. The first-order valence-electron chi connectivity index (χ1n) is 6.21. The molecule has 1 aliphatic rings. The standard InChI is InChI=1S/C13H15BrFNO4S/c1-13(2,3)20-12(17)16-11(7-19-21(16)18)8-4-9(14)6-10(15)5-8/h4-6,11H,7H2,1-3H3/t11-,21?/m1/s1. The highest BCUT2D eigenvalue weighted by Gasteiger charge is 2.40. The molecule has 1 unspecified atom stereocenters. The van der Waals surface area contributed by atoms with Crippen LogP contribution in [0, 0.1) is 5.82 Å². The summed E-state index contributed by atoms with van der Waals surface area (Å²) >= 11 is 1.24. The first-order valence-corrected chi connectivity index (χ1v) is 8.03. The van der Waals surface area contributed by atoms with E-state index in [0.717, 1.165) is 4.31 Å². The molecule has 1 fully saturated rings. The Kier molecular flexibility index (Phi) is 4.69. The quantitative estimate of drug-likeness (QED) is 0.749. The molecule has 1 aromatic carbocycles. The molecule has 0 saturated carbocycles. The number of halogens is 2. The summed E-state index contributed by atoms with van der Waals surface area (Å²) < 4.78 is 37.1. The molecule has 0 aromatic heterocycles. The largest absolute Gasteiger partial charge is 0.443 e. The molecular weight excluding hydrogens is 365 g/mol. The van der Waals surface area contributed by atoms with E-state index in [0.29, 0.717) is 10.0 Å². The predicted octanol–water partition coefficient (Wildman–Crippen LogP) is 3.48. The first-order chi connectivity index (χ1) is 9.67. The zero-order valence-corrected chi connectivity index (χ0v) is 14.2. The predicted molar refractivity (Wildman–Crippen MR) is 79.0 cm³/mol. The van der Waals surface area contributed by atoms with Crippen LogP contribution in [-0.4, -0.2) is 26.8 Å². The van der Waals surface area contributed by atoms with Crippen LogP contribution in [0.25, 0.3) is 0 Å². The van der Waals surface area contributed by atoms with Gasteiger partial charge >= 0.3 is 6.09 Å². The molecule has 1 amide bonds. The van der Waals surface area contributed by atoms with Gasteiger partial charge in [-0.25, -0.2) is 13.4 Å². The lowest BCUT2D eigenvalue weighted by Gasteiger charge is -2.26. The highest BCUT2D eigenvalue weighted by Crippen LogP contribution is 2.32. The van der Waals surface area contributed by atoms with E-state index in [1.165, 1.54) is 12.1 Å². The molecule has 0 aliphatic carbocycles. The second-order valence-electron chi connectivity index (χ2n) is 5.53. The van der Waals surface area contributed by atoms with Gasteiger partial charge in [0.2, 0.25) is 0 Å². The molecule has 1 aliphatic heterocycles. The van der Waals surface area contributed by atoms with Gasteiger partial charge in [-0.15, -0.1) is 0 Å². The molecule has 21 heavy (non-hydrogen) atoms. The van der Waals surface area contributed by atoms with Crippen LogP contribution in [0.2, 0.25) is 0 Å². The first kappa shape index (κ1) is 16.4. The Morgan fingerprint density at radius 3 is 2.71 bits per heavy atom. The lowest BCUT2D eigenvalue weighted by atomic mass is 10.1. The average Bonchev–Trinajstić information content (AvgIpc) is 2.67. The van der Waals surface area contributed by atoms with Gasteiger partial charge in [0, 0.05) is 4.47 Å². The van der Waals surface area contributed by atoms with E-state index < -0.39 is 34.8 Å². The average molecular weight is 380 g/mol. The maximum Gasteiger partial charge on any atom is 0.424 e. The van der Waals surface area contributed by atoms with E-state index in [1.807, 2.05) is 0 Å². The molecule has 0 N–H and O–H groups in total. The van der Waals surface area contributed by atoms with Crippen molar-refractivity contribution in [2.75, 3.05) is 6.61 Å². The fourth-order valence-electron chi connectivity index (χ4n) is 1.85. The topological polar surface area (TPSA) is 55.8 Å². The molecule has 8 heteroatoms. The number of hydrogen-bond acceptors (Lipinski definition) is 4. The number of hydrogen-bond donors (Lipinski definition) is 0. The lowest BCUT2D eigenvalue weighted by Crippen LogP contribution is -2.37. The van der Waals surface area contributed by atoms with Crippen molar-refractivity contribution in [3.63, 3.8) is 0 Å². The monoisotopic (exact) mass is 379 g/mol. The highest BCUT2D eigenvalue weighted by molar-refractivity contribution is 9.10. The van der Waals surface area contributed by atoms with Crippen molar-refractivity contribution < 1.29 is 22.3 Å². The van der Waals surface area contributed by atoms with Crippen LogP contribution in [0.15, 0.2) is 22.7 Å². The number of nitrogens with zero attached hydrogens (tertiary/aromatic N) is 1. The van der Waals surface area contributed by atoms with Gasteiger partial charge in [-0.1, -0.05) is 15.9 Å². The number of rotatable bonds is 1. The minimum absolute atomic E-state index is 0.0156. The van der Waals surface area contributed by atoms with Crippen LogP contribution in [0.1, 0.15) is 32.4 Å². The van der Waals surface area contributed by atoms with Gasteiger partial charge in [0.15, 0.2) is 0 Å². The van der Waals surface area contributed by atoms with Crippen molar-refractivity contribution in [2.45, 2.75) is 32.4 Å². The zero-order chi connectivity index (χ0) is 15.8. The molecule has 1 aromatic rings. The maximum absolute atomic E-state index is 13.5. The van der Waals surface area contributed by atoms with Crippen molar-refractivity contribution in [1.29, 1.82) is 0 Å². The molecule has 1 heterocycles. The summed E-state index contributed by atoms with van der Waals surface area (Å²) in [6.45, 7) is 5.14. The Labute approximate surface area is 133 Å². The van der Waals surface area contributed by atoms with Gasteiger partial charge in [-0.2, -0.15) is 4.31 Å². The molecule has 1 saturated heterocycles. The third kappa shape index (κ3) is 4.02. The number of ether oxygens (including phenoxy) is 1. The summed E-state index contributed by atoms with van der Waals surface area (Å²) in [7, 11) is 0. The van der Waals surface area contributed by atoms with Crippen LogP contribution < -0.4 is 0 Å². The van der Waals surface area contributed by atoms with Crippen LogP contribution >= 0.6 is 15.9 Å². The molecule has 2 rings (SSSR count). The van der Waals surface area contributed by atoms with Gasteiger partial charge in [0.25, 0.3) is 11.3 Å². The van der Waals surface area contributed by atoms with Crippen LogP contribution in [0.3, 0.4) is 0 Å². The number of benzene rings is 1. The Morgan fingerprint density at radius 2 is 2.14 bits per heavy atom. The molecular formula is C13H15BrFNO4S. The van der Waals surface area contributed by atoms with E-state index in [4.69, 9.17) is 8.92 Å². The summed E-state index contributed by atoms with van der Waals surface area (Å²) in [4.78, 5) is 12.2. The maximum atomic E-state index is 13.5. The summed E-state index contributed by atoms with van der Waals surface area (Å²) in [5.41, 5.74) is -0.240. The van der Waals surface area contributed by atoms with E-state index in [1.54, 1.807) is 26.8 Å². The Morgan fingerprint density at radius 1 is 1.48 bits per heavy atom. The van der Waals surface area contributed by atoms with E-state index in [9.17, 15) is 13.4 Å². The summed E-state index contributed by atoms with van der Waals surface area (Å²) in [5, 5.41) is 0. The molecule has 0 spiro atoms. The Bertz CT molecular complexity index is 570. The number of carbonyl (C=O) groups is 1. The van der Waals surface area contributed by atoms with E-state index >= 15 is 0 Å². The van der Waals surface area contributed by atoms with Gasteiger partial charge in [-0.05, 0) is 44.5 Å². The fraction of sp³-hybridized carbons (Fsp3) is 0.462. The van der Waals surface area contributed by atoms with E-state index in [-0.39, 0.29) is 6.61 Å². The summed E-state index contributed by atoms with van der Waals surface area (Å²) in [6, 6.07) is 3.57. The molecule has 116 valence electrons.